The van der Waals surface area contributed by atoms with Crippen molar-refractivity contribution in [2.45, 2.75) is 6.92 Å². The van der Waals surface area contributed by atoms with Gasteiger partial charge in [0.2, 0.25) is 0 Å². The van der Waals surface area contributed by atoms with Gasteiger partial charge in [0.05, 0.1) is 18.2 Å². The molecule has 0 spiro atoms. The molecule has 0 saturated carbocycles. The van der Waals surface area contributed by atoms with Crippen molar-refractivity contribution < 1.29 is 9.53 Å². The lowest BCUT2D eigenvalue weighted by atomic mass is 10.1. The minimum absolute atomic E-state index is 0.343. The van der Waals surface area contributed by atoms with Crippen molar-refractivity contribution in [1.29, 1.82) is 0 Å². The van der Waals surface area contributed by atoms with E-state index in [-0.39, 0.29) is 5.97 Å². The first-order chi connectivity index (χ1) is 7.63. The smallest absolute Gasteiger partial charge is 0.338 e. The first kappa shape index (κ1) is 11.1. The van der Waals surface area contributed by atoms with E-state index in [1.165, 1.54) is 7.11 Å². The number of nitrogens with zero attached hydrogens (tertiary/aromatic N) is 1. The van der Waals surface area contributed by atoms with E-state index >= 15 is 0 Å². The van der Waals surface area contributed by atoms with E-state index in [2.05, 4.69) is 20.9 Å². The molecule has 2 aromatic rings. The summed E-state index contributed by atoms with van der Waals surface area (Å²) < 4.78 is 5.67. The van der Waals surface area contributed by atoms with Crippen LogP contribution >= 0.6 is 15.9 Å². The summed E-state index contributed by atoms with van der Waals surface area (Å²) in [6, 6.07) is 5.51. The van der Waals surface area contributed by atoms with Crippen LogP contribution in [0.25, 0.3) is 10.9 Å². The van der Waals surface area contributed by atoms with Crippen LogP contribution in [0, 0.1) is 6.92 Å². The zero-order valence-corrected chi connectivity index (χ0v) is 10.5. The minimum atomic E-state index is -0.343. The van der Waals surface area contributed by atoms with Gasteiger partial charge in [-0.3, -0.25) is 4.98 Å². The van der Waals surface area contributed by atoms with Gasteiger partial charge < -0.3 is 4.74 Å². The van der Waals surface area contributed by atoms with Crippen molar-refractivity contribution in [3.05, 3.63) is 40.0 Å². The van der Waals surface area contributed by atoms with Gasteiger partial charge in [-0.15, -0.1) is 0 Å². The maximum Gasteiger partial charge on any atom is 0.338 e. The molecule has 0 aliphatic heterocycles. The van der Waals surface area contributed by atoms with Crippen LogP contribution in [-0.4, -0.2) is 18.1 Å². The number of hydrogen-bond acceptors (Lipinski definition) is 3. The molecule has 82 valence electrons. The number of aromatic nitrogens is 1. The number of carbonyl (C=O) groups excluding carboxylic acids is 1. The van der Waals surface area contributed by atoms with Crippen LogP contribution in [0.3, 0.4) is 0 Å². The third-order valence-corrected chi connectivity index (χ3v) is 2.86. The highest BCUT2D eigenvalue weighted by atomic mass is 79.9. The summed E-state index contributed by atoms with van der Waals surface area (Å²) in [4.78, 5) is 15.9. The molecule has 0 unspecified atom stereocenters. The summed E-state index contributed by atoms with van der Waals surface area (Å²) in [5, 5.41) is 0.807. The molecule has 0 aliphatic carbocycles. The quantitative estimate of drug-likeness (QED) is 0.753. The number of ether oxygens (including phenoxy) is 1. The van der Waals surface area contributed by atoms with Gasteiger partial charge in [-0.25, -0.2) is 4.79 Å². The molecule has 3 nitrogen and oxygen atoms in total. The van der Waals surface area contributed by atoms with Gasteiger partial charge in [0.15, 0.2) is 0 Å². The van der Waals surface area contributed by atoms with E-state index in [0.29, 0.717) is 5.56 Å². The molecule has 0 atom stereocenters. The van der Waals surface area contributed by atoms with E-state index < -0.39 is 0 Å². The van der Waals surface area contributed by atoms with Gasteiger partial charge in [0.25, 0.3) is 0 Å². The van der Waals surface area contributed by atoms with Gasteiger partial charge in [-0.1, -0.05) is 15.9 Å². The Balaban J connectivity index is 2.81. The highest BCUT2D eigenvalue weighted by molar-refractivity contribution is 9.10. The fourth-order valence-electron chi connectivity index (χ4n) is 1.68. The Morgan fingerprint density at radius 3 is 2.88 bits per heavy atom. The topological polar surface area (TPSA) is 39.2 Å². The molecule has 4 heteroatoms. The summed E-state index contributed by atoms with van der Waals surface area (Å²) in [5.74, 6) is -0.343. The van der Waals surface area contributed by atoms with E-state index in [1.54, 1.807) is 12.3 Å². The molecular formula is C12H10BrNO2. The second-order valence-corrected chi connectivity index (χ2v) is 4.38. The zero-order valence-electron chi connectivity index (χ0n) is 8.95. The van der Waals surface area contributed by atoms with Crippen LogP contribution in [0.4, 0.5) is 0 Å². The second-order valence-electron chi connectivity index (χ2n) is 3.47. The number of halogens is 1. The van der Waals surface area contributed by atoms with Gasteiger partial charge >= 0.3 is 5.97 Å². The van der Waals surface area contributed by atoms with Crippen molar-refractivity contribution in [3.8, 4) is 0 Å². The second kappa shape index (κ2) is 4.22. The Hall–Kier alpha value is -1.42. The molecule has 0 amide bonds. The highest BCUT2D eigenvalue weighted by Gasteiger charge is 2.12. The number of carbonyl (C=O) groups is 1. The SMILES string of the molecule is COC(=O)c1ccnc2c(C)cc(Br)cc12. The van der Waals surface area contributed by atoms with Crippen LogP contribution < -0.4 is 0 Å². The Morgan fingerprint density at radius 1 is 1.44 bits per heavy atom. The monoisotopic (exact) mass is 279 g/mol. The Morgan fingerprint density at radius 2 is 2.19 bits per heavy atom. The number of aryl methyl sites for hydroxylation is 1. The summed E-state index contributed by atoms with van der Waals surface area (Å²) >= 11 is 3.41. The van der Waals surface area contributed by atoms with Gasteiger partial charge in [0.1, 0.15) is 0 Å². The molecule has 0 fully saturated rings. The molecule has 0 bridgehead atoms. The molecule has 16 heavy (non-hydrogen) atoms. The van der Waals surface area contributed by atoms with Crippen LogP contribution in [0.1, 0.15) is 15.9 Å². The van der Waals surface area contributed by atoms with Crippen molar-refractivity contribution in [2.75, 3.05) is 7.11 Å². The molecule has 0 aliphatic rings. The Bertz CT molecular complexity index is 566. The molecule has 2 rings (SSSR count). The van der Waals surface area contributed by atoms with E-state index in [0.717, 1.165) is 20.9 Å². The van der Waals surface area contributed by atoms with Crippen LogP contribution in [-0.2, 0) is 4.74 Å². The van der Waals surface area contributed by atoms with Gasteiger partial charge in [-0.05, 0) is 30.7 Å². The molecule has 0 N–H and O–H groups in total. The normalized spacial score (nSPS) is 10.4. The standard InChI is InChI=1S/C12H10BrNO2/c1-7-5-8(13)6-10-9(12(15)16-2)3-4-14-11(7)10/h3-6H,1-2H3. The third kappa shape index (κ3) is 1.80. The van der Waals surface area contributed by atoms with Crippen molar-refractivity contribution in [2.24, 2.45) is 0 Å². The largest absolute Gasteiger partial charge is 0.465 e. The lowest BCUT2D eigenvalue weighted by molar-refractivity contribution is 0.0603. The van der Waals surface area contributed by atoms with Gasteiger partial charge in [0, 0.05) is 16.1 Å². The highest BCUT2D eigenvalue weighted by Crippen LogP contribution is 2.25. The Labute approximate surface area is 102 Å². The number of benzene rings is 1. The number of esters is 1. The number of hydrogen-bond donors (Lipinski definition) is 0. The first-order valence-corrected chi connectivity index (χ1v) is 5.56. The molecular weight excluding hydrogens is 270 g/mol. The lowest BCUT2D eigenvalue weighted by Crippen LogP contribution is -2.03. The zero-order chi connectivity index (χ0) is 11.7. The maximum absolute atomic E-state index is 11.6. The fourth-order valence-corrected chi connectivity index (χ4v) is 2.25. The van der Waals surface area contributed by atoms with Crippen LogP contribution in [0.5, 0.6) is 0 Å². The van der Waals surface area contributed by atoms with E-state index in [9.17, 15) is 4.79 Å². The van der Waals surface area contributed by atoms with E-state index in [4.69, 9.17) is 4.74 Å². The summed E-state index contributed by atoms with van der Waals surface area (Å²) in [6.45, 7) is 1.96. The van der Waals surface area contributed by atoms with Gasteiger partial charge in [-0.2, -0.15) is 0 Å². The van der Waals surface area contributed by atoms with Crippen molar-refractivity contribution in [1.82, 2.24) is 4.98 Å². The summed E-state index contributed by atoms with van der Waals surface area (Å²) in [5.41, 5.74) is 2.39. The Kier molecular flexibility index (Phi) is 2.92. The predicted octanol–water partition coefficient (Wildman–Crippen LogP) is 3.09. The minimum Gasteiger partial charge on any atom is -0.465 e. The predicted molar refractivity (Wildman–Crippen MR) is 65.5 cm³/mol. The molecule has 1 heterocycles. The first-order valence-electron chi connectivity index (χ1n) is 4.76. The van der Waals surface area contributed by atoms with E-state index in [1.807, 2.05) is 19.1 Å². The van der Waals surface area contributed by atoms with Crippen molar-refractivity contribution >= 4 is 32.8 Å². The molecule has 0 radical (unpaired) electrons. The molecule has 1 aromatic heterocycles. The summed E-state index contributed by atoms with van der Waals surface area (Å²) in [6.07, 6.45) is 1.62. The van der Waals surface area contributed by atoms with Crippen molar-refractivity contribution in [3.63, 3.8) is 0 Å². The number of rotatable bonds is 1. The number of fused-ring (bicyclic) bond motifs is 1. The number of methoxy groups -OCH3 is 1. The third-order valence-electron chi connectivity index (χ3n) is 2.41. The molecule has 1 aromatic carbocycles. The molecule has 0 saturated heterocycles. The summed E-state index contributed by atoms with van der Waals surface area (Å²) in [7, 11) is 1.37. The van der Waals surface area contributed by atoms with Crippen LogP contribution in [0.2, 0.25) is 0 Å². The maximum atomic E-state index is 11.6. The van der Waals surface area contributed by atoms with Crippen LogP contribution in [0.15, 0.2) is 28.9 Å². The average molecular weight is 280 g/mol. The average Bonchev–Trinajstić information content (AvgIpc) is 2.27. The fraction of sp³-hybridized carbons (Fsp3) is 0.167. The number of pyridine rings is 1. The lowest BCUT2D eigenvalue weighted by Gasteiger charge is -2.06.